The van der Waals surface area contributed by atoms with Crippen molar-refractivity contribution in [2.45, 2.75) is 57.7 Å². The van der Waals surface area contributed by atoms with E-state index in [1.807, 2.05) is 0 Å². The van der Waals surface area contributed by atoms with Gasteiger partial charge in [-0.15, -0.1) is 0 Å². The third-order valence-corrected chi connectivity index (χ3v) is 4.70. The first-order chi connectivity index (χ1) is 15.4. The molecule has 1 spiro atoms. The summed E-state index contributed by atoms with van der Waals surface area (Å²) in [5, 5.41) is 10.4. The van der Waals surface area contributed by atoms with Gasteiger partial charge in [0.05, 0.1) is 6.10 Å². The van der Waals surface area contributed by atoms with Gasteiger partial charge in [0, 0.05) is 40.2 Å². The fourth-order valence-electron chi connectivity index (χ4n) is 3.47. The minimum atomic E-state index is -1.42. The zero-order valence-electron chi connectivity index (χ0n) is 18.5. The first-order valence-electron chi connectivity index (χ1n) is 10.1. The van der Waals surface area contributed by atoms with E-state index in [2.05, 4.69) is 0 Å². The number of carbonyl (C=O) groups is 4. The maximum atomic E-state index is 12.3. The number of hydrogen-bond donors (Lipinski definition) is 1. The van der Waals surface area contributed by atoms with E-state index in [0.29, 0.717) is 5.56 Å². The van der Waals surface area contributed by atoms with Crippen LogP contribution in [0.3, 0.4) is 0 Å². The number of aliphatic hydroxyl groups is 1. The summed E-state index contributed by atoms with van der Waals surface area (Å²) in [7, 11) is 0. The van der Waals surface area contributed by atoms with E-state index < -0.39 is 47.5 Å². The van der Waals surface area contributed by atoms with Crippen LogP contribution in [-0.4, -0.2) is 52.6 Å². The molecule has 3 atom stereocenters. The lowest BCUT2D eigenvalue weighted by molar-refractivity contribution is -0.168. The van der Waals surface area contributed by atoms with Gasteiger partial charge in [0.15, 0.2) is 17.1 Å². The zero-order chi connectivity index (χ0) is 24.4. The van der Waals surface area contributed by atoms with Crippen LogP contribution in [-0.2, 0) is 33.4 Å². The Kier molecular flexibility index (Phi) is 6.71. The van der Waals surface area contributed by atoms with E-state index in [-0.39, 0.29) is 17.9 Å². The minimum absolute atomic E-state index is 0.00975. The lowest BCUT2D eigenvalue weighted by Gasteiger charge is -2.32. The number of ether oxygens (including phenoxy) is 5. The molecule has 1 N–H and O–H groups in total. The molecular formula is C23H24O10. The molecule has 0 saturated carbocycles. The highest BCUT2D eigenvalue weighted by Gasteiger charge is 2.55. The Morgan fingerprint density at radius 3 is 2.36 bits per heavy atom. The van der Waals surface area contributed by atoms with Gasteiger partial charge in [0.1, 0.15) is 6.10 Å². The molecule has 1 aromatic rings. The standard InChI is InChI=1S/C23H24O10/c1-13(24)29-18-7-5-15(11-19(18)30-14(2)25)6-8-20(27)31-17-9-10-23(12-16(17)26)21(28)32-22(3,4)33-23/h5-11,16-17,26H,12H2,1-4H3/b8-6+/t16-,17-,23+/m1/s1. The number of aliphatic hydroxyl groups excluding tert-OH is 1. The average Bonchev–Trinajstić information content (AvgIpc) is 2.91. The Balaban J connectivity index is 1.68. The topological polar surface area (TPSA) is 135 Å². The largest absolute Gasteiger partial charge is 0.452 e. The van der Waals surface area contributed by atoms with Crippen LogP contribution in [0, 0.1) is 0 Å². The number of carbonyl (C=O) groups excluding carboxylic acids is 4. The van der Waals surface area contributed by atoms with Crippen LogP contribution >= 0.6 is 0 Å². The van der Waals surface area contributed by atoms with Crippen LogP contribution < -0.4 is 9.47 Å². The fraction of sp³-hybridized carbons (Fsp3) is 0.391. The Labute approximate surface area is 189 Å². The van der Waals surface area contributed by atoms with Crippen molar-refractivity contribution in [2.24, 2.45) is 0 Å². The van der Waals surface area contributed by atoms with Gasteiger partial charge in [-0.05, 0) is 35.9 Å². The molecule has 1 fully saturated rings. The van der Waals surface area contributed by atoms with E-state index >= 15 is 0 Å². The lowest BCUT2D eigenvalue weighted by atomic mass is 9.87. The Morgan fingerprint density at radius 2 is 1.79 bits per heavy atom. The summed E-state index contributed by atoms with van der Waals surface area (Å²) < 4.78 is 26.1. The van der Waals surface area contributed by atoms with Crippen LogP contribution in [0.4, 0.5) is 0 Å². The maximum Gasteiger partial charge on any atom is 0.345 e. The monoisotopic (exact) mass is 460 g/mol. The molecule has 0 unspecified atom stereocenters. The van der Waals surface area contributed by atoms with Crippen molar-refractivity contribution in [2.75, 3.05) is 0 Å². The van der Waals surface area contributed by atoms with Gasteiger partial charge in [-0.3, -0.25) is 9.59 Å². The van der Waals surface area contributed by atoms with Crippen molar-refractivity contribution in [1.29, 1.82) is 0 Å². The first kappa shape index (κ1) is 24.1. The van der Waals surface area contributed by atoms with E-state index in [9.17, 15) is 24.3 Å². The van der Waals surface area contributed by atoms with Crippen LogP contribution in [0.25, 0.3) is 6.08 Å². The van der Waals surface area contributed by atoms with E-state index in [1.165, 1.54) is 44.2 Å². The van der Waals surface area contributed by atoms with Crippen molar-refractivity contribution in [3.05, 3.63) is 42.0 Å². The summed E-state index contributed by atoms with van der Waals surface area (Å²) in [6.07, 6.45) is 3.02. The third kappa shape index (κ3) is 5.85. The highest BCUT2D eigenvalue weighted by molar-refractivity contribution is 5.88. The second-order valence-electron chi connectivity index (χ2n) is 8.04. The number of benzene rings is 1. The first-order valence-corrected chi connectivity index (χ1v) is 10.1. The molecule has 1 aromatic carbocycles. The molecule has 2 aliphatic rings. The molecule has 1 heterocycles. The number of hydrogen-bond acceptors (Lipinski definition) is 10. The molecule has 176 valence electrons. The molecule has 10 nitrogen and oxygen atoms in total. The molecule has 0 bridgehead atoms. The summed E-state index contributed by atoms with van der Waals surface area (Å²) >= 11 is 0. The molecule has 33 heavy (non-hydrogen) atoms. The molecule has 1 aliphatic heterocycles. The molecule has 10 heteroatoms. The fourth-order valence-corrected chi connectivity index (χ4v) is 3.47. The van der Waals surface area contributed by atoms with Crippen LogP contribution in [0.15, 0.2) is 36.4 Å². The van der Waals surface area contributed by atoms with Gasteiger partial charge >= 0.3 is 23.9 Å². The summed E-state index contributed by atoms with van der Waals surface area (Å²) in [5.74, 6) is -3.63. The zero-order valence-corrected chi connectivity index (χ0v) is 18.5. The number of cyclic esters (lactones) is 1. The van der Waals surface area contributed by atoms with Crippen molar-refractivity contribution >= 4 is 30.0 Å². The van der Waals surface area contributed by atoms with E-state index in [1.54, 1.807) is 19.9 Å². The van der Waals surface area contributed by atoms with Gasteiger partial charge in [0.25, 0.3) is 0 Å². The molecule has 0 aromatic heterocycles. The molecular weight excluding hydrogens is 436 g/mol. The highest BCUT2D eigenvalue weighted by atomic mass is 16.8. The summed E-state index contributed by atoms with van der Waals surface area (Å²) in [5.41, 5.74) is -0.958. The predicted molar refractivity (Wildman–Crippen MR) is 112 cm³/mol. The lowest BCUT2D eigenvalue weighted by Crippen LogP contribution is -2.46. The maximum absolute atomic E-state index is 12.3. The highest BCUT2D eigenvalue weighted by Crippen LogP contribution is 2.39. The van der Waals surface area contributed by atoms with Gasteiger partial charge in [-0.25, -0.2) is 9.59 Å². The average molecular weight is 460 g/mol. The van der Waals surface area contributed by atoms with Gasteiger partial charge < -0.3 is 28.8 Å². The van der Waals surface area contributed by atoms with Gasteiger partial charge in [-0.2, -0.15) is 0 Å². The molecule has 0 radical (unpaired) electrons. The van der Waals surface area contributed by atoms with Crippen molar-refractivity contribution in [3.8, 4) is 11.5 Å². The molecule has 1 saturated heterocycles. The smallest absolute Gasteiger partial charge is 0.345 e. The second-order valence-corrected chi connectivity index (χ2v) is 8.04. The summed E-state index contributed by atoms with van der Waals surface area (Å²) in [6.45, 7) is 5.58. The van der Waals surface area contributed by atoms with Gasteiger partial charge in [-0.1, -0.05) is 6.07 Å². The summed E-state index contributed by atoms with van der Waals surface area (Å²) in [6, 6.07) is 4.37. The van der Waals surface area contributed by atoms with E-state index in [0.717, 1.165) is 6.08 Å². The summed E-state index contributed by atoms with van der Waals surface area (Å²) in [4.78, 5) is 47.0. The van der Waals surface area contributed by atoms with E-state index in [4.69, 9.17) is 23.7 Å². The van der Waals surface area contributed by atoms with Gasteiger partial charge in [0.2, 0.25) is 5.79 Å². The van der Waals surface area contributed by atoms with Crippen molar-refractivity contribution < 1.29 is 48.0 Å². The second kappa shape index (κ2) is 9.16. The van der Waals surface area contributed by atoms with Crippen molar-refractivity contribution in [3.63, 3.8) is 0 Å². The van der Waals surface area contributed by atoms with Crippen LogP contribution in [0.1, 0.15) is 39.7 Å². The normalized spacial score (nSPS) is 25.7. The predicted octanol–water partition coefficient (Wildman–Crippen LogP) is 1.83. The number of rotatable bonds is 5. The Bertz CT molecular complexity index is 1040. The van der Waals surface area contributed by atoms with Crippen molar-refractivity contribution in [1.82, 2.24) is 0 Å². The Hall–Kier alpha value is -3.50. The Morgan fingerprint density at radius 1 is 1.12 bits per heavy atom. The molecule has 1 aliphatic carbocycles. The SMILES string of the molecule is CC(=O)Oc1ccc(/C=C/C(=O)O[C@@H]2C=C[C@@]3(C[C@H]2O)OC(C)(C)OC3=O)cc1OC(C)=O. The number of esters is 4. The quantitative estimate of drug-likeness (QED) is 0.300. The molecule has 3 rings (SSSR count). The van der Waals surface area contributed by atoms with Crippen LogP contribution in [0.2, 0.25) is 0 Å². The minimum Gasteiger partial charge on any atom is -0.452 e. The van der Waals surface area contributed by atoms with Crippen LogP contribution in [0.5, 0.6) is 11.5 Å². The third-order valence-electron chi connectivity index (χ3n) is 4.70. The molecule has 0 amide bonds.